The molecule has 11 nitrogen and oxygen atoms in total. The Labute approximate surface area is 171 Å². The van der Waals surface area contributed by atoms with Crippen molar-refractivity contribution in [3.8, 4) is 0 Å². The van der Waals surface area contributed by atoms with Gasteiger partial charge < -0.3 is 4.52 Å². The van der Waals surface area contributed by atoms with Crippen molar-refractivity contribution in [1.82, 2.24) is 25.2 Å². The molecule has 0 saturated heterocycles. The SMILES string of the molecule is O=C(CCN(C(=O)On1nnc2ccccc21)N1C(=O)c2ccccc2C1=O)OP. The van der Waals surface area contributed by atoms with Crippen LogP contribution in [0.15, 0.2) is 48.5 Å². The average molecular weight is 427 g/mol. The quantitative estimate of drug-likeness (QED) is 0.338. The van der Waals surface area contributed by atoms with E-state index in [1.54, 1.807) is 45.9 Å². The summed E-state index contributed by atoms with van der Waals surface area (Å²) in [5.74, 6) is -2.09. The first-order valence-corrected chi connectivity index (χ1v) is 9.16. The van der Waals surface area contributed by atoms with E-state index in [-0.39, 0.29) is 24.1 Å². The highest BCUT2D eigenvalue weighted by molar-refractivity contribution is 7.10. The van der Waals surface area contributed by atoms with Gasteiger partial charge in [-0.15, -0.1) is 5.10 Å². The second-order valence-electron chi connectivity index (χ2n) is 6.14. The van der Waals surface area contributed by atoms with E-state index in [0.29, 0.717) is 16.0 Å². The van der Waals surface area contributed by atoms with Crippen LogP contribution >= 0.6 is 9.47 Å². The second-order valence-corrected chi connectivity index (χ2v) is 6.37. The number of imide groups is 1. The number of hydrogen-bond acceptors (Lipinski definition) is 8. The molecular formula is C18H14N5O6P. The van der Waals surface area contributed by atoms with Crippen LogP contribution in [0.3, 0.4) is 0 Å². The fraction of sp³-hybridized carbons (Fsp3) is 0.111. The molecule has 1 aliphatic heterocycles. The fourth-order valence-electron chi connectivity index (χ4n) is 2.96. The van der Waals surface area contributed by atoms with Gasteiger partial charge in [-0.05, 0) is 29.5 Å². The summed E-state index contributed by atoms with van der Waals surface area (Å²) >= 11 is 0. The maximum absolute atomic E-state index is 12.9. The molecule has 152 valence electrons. The van der Waals surface area contributed by atoms with E-state index in [9.17, 15) is 19.2 Å². The summed E-state index contributed by atoms with van der Waals surface area (Å²) in [6.45, 7) is -0.343. The predicted octanol–water partition coefficient (Wildman–Crippen LogP) is 1.22. The first-order valence-electron chi connectivity index (χ1n) is 8.69. The number of amides is 3. The summed E-state index contributed by atoms with van der Waals surface area (Å²) in [6.07, 6.45) is -1.39. The topological polar surface area (TPSA) is 124 Å². The van der Waals surface area contributed by atoms with Gasteiger partial charge in [0.1, 0.15) is 11.0 Å². The van der Waals surface area contributed by atoms with Crippen LogP contribution in [0.4, 0.5) is 4.79 Å². The number of fused-ring (bicyclic) bond motifs is 2. The van der Waals surface area contributed by atoms with E-state index < -0.39 is 23.9 Å². The van der Waals surface area contributed by atoms with Crippen molar-refractivity contribution in [2.45, 2.75) is 6.42 Å². The van der Waals surface area contributed by atoms with Crippen LogP contribution in [0.25, 0.3) is 11.0 Å². The Balaban J connectivity index is 1.64. The van der Waals surface area contributed by atoms with Crippen molar-refractivity contribution >= 4 is 44.4 Å². The van der Waals surface area contributed by atoms with Gasteiger partial charge in [0.2, 0.25) is 0 Å². The average Bonchev–Trinajstić information content (AvgIpc) is 3.28. The van der Waals surface area contributed by atoms with Crippen LogP contribution in [-0.2, 0) is 9.32 Å². The Morgan fingerprint density at radius 3 is 2.30 bits per heavy atom. The Morgan fingerprint density at radius 2 is 1.63 bits per heavy atom. The van der Waals surface area contributed by atoms with E-state index in [0.717, 1.165) is 9.85 Å². The summed E-state index contributed by atoms with van der Waals surface area (Å²) in [5.41, 5.74) is 1.15. The van der Waals surface area contributed by atoms with Crippen LogP contribution in [0.2, 0.25) is 0 Å². The first-order chi connectivity index (χ1) is 14.5. The Kier molecular flexibility index (Phi) is 5.11. The standard InChI is InChI=1S/C18H14N5O6P/c24-15(29-30)9-10-21(22-16(25)11-5-1-2-6-12(11)17(22)26)18(27)28-23-14-8-4-3-7-13(14)19-20-23/h1-8H,9-10,30H2. The van der Waals surface area contributed by atoms with Crippen LogP contribution in [0, 0.1) is 0 Å². The molecule has 0 fully saturated rings. The zero-order valence-electron chi connectivity index (χ0n) is 15.3. The molecule has 0 bridgehead atoms. The van der Waals surface area contributed by atoms with E-state index >= 15 is 0 Å². The third-order valence-electron chi connectivity index (χ3n) is 4.37. The van der Waals surface area contributed by atoms with Gasteiger partial charge in [0.25, 0.3) is 11.8 Å². The molecule has 0 spiro atoms. The number of benzene rings is 2. The van der Waals surface area contributed by atoms with Gasteiger partial charge in [-0.1, -0.05) is 29.1 Å². The van der Waals surface area contributed by atoms with Crippen molar-refractivity contribution in [2.75, 3.05) is 6.54 Å². The number of para-hydroxylation sites is 1. The largest absolute Gasteiger partial charge is 0.455 e. The van der Waals surface area contributed by atoms with Crippen molar-refractivity contribution < 1.29 is 28.5 Å². The molecule has 0 saturated carbocycles. The van der Waals surface area contributed by atoms with Crippen molar-refractivity contribution in [3.05, 3.63) is 59.7 Å². The number of nitrogens with zero attached hydrogens (tertiary/aromatic N) is 5. The Bertz CT molecular complexity index is 1140. The monoisotopic (exact) mass is 427 g/mol. The highest BCUT2D eigenvalue weighted by atomic mass is 31.0. The van der Waals surface area contributed by atoms with Crippen molar-refractivity contribution in [3.63, 3.8) is 0 Å². The lowest BCUT2D eigenvalue weighted by molar-refractivity contribution is -0.134. The molecule has 0 aliphatic carbocycles. The minimum atomic E-state index is -1.10. The number of hydrazine groups is 1. The molecular weight excluding hydrogens is 413 g/mol. The number of hydrogen-bond donors (Lipinski definition) is 0. The normalized spacial score (nSPS) is 12.8. The minimum absolute atomic E-state index is 0.139. The molecule has 0 radical (unpaired) electrons. The lowest BCUT2D eigenvalue weighted by Crippen LogP contribution is -2.52. The minimum Gasteiger partial charge on any atom is -0.451 e. The summed E-state index contributed by atoms with van der Waals surface area (Å²) in [7, 11) is 1.80. The lowest BCUT2D eigenvalue weighted by Gasteiger charge is -2.28. The van der Waals surface area contributed by atoms with Gasteiger partial charge in [-0.3, -0.25) is 19.2 Å². The van der Waals surface area contributed by atoms with Crippen LogP contribution in [-0.4, -0.2) is 55.6 Å². The van der Waals surface area contributed by atoms with Gasteiger partial charge in [-0.25, -0.2) is 9.80 Å². The molecule has 2 heterocycles. The maximum Gasteiger partial charge on any atom is 0.455 e. The molecule has 1 atom stereocenters. The molecule has 30 heavy (non-hydrogen) atoms. The van der Waals surface area contributed by atoms with Gasteiger partial charge in [0.15, 0.2) is 0 Å². The summed E-state index contributed by atoms with van der Waals surface area (Å²) in [6, 6.07) is 12.9. The second kappa shape index (κ2) is 7.88. The maximum atomic E-state index is 12.9. The first kappa shape index (κ1) is 19.5. The van der Waals surface area contributed by atoms with E-state index in [1.807, 2.05) is 0 Å². The Hall–Kier alpha value is -3.85. The van der Waals surface area contributed by atoms with Gasteiger partial charge >= 0.3 is 12.1 Å². The highest BCUT2D eigenvalue weighted by Crippen LogP contribution is 2.24. The van der Waals surface area contributed by atoms with Crippen LogP contribution < -0.4 is 4.84 Å². The zero-order valence-corrected chi connectivity index (χ0v) is 16.5. The number of aromatic nitrogens is 3. The van der Waals surface area contributed by atoms with Gasteiger partial charge in [0.05, 0.1) is 33.6 Å². The van der Waals surface area contributed by atoms with E-state index in [4.69, 9.17) is 4.84 Å². The smallest absolute Gasteiger partial charge is 0.451 e. The molecule has 1 aromatic heterocycles. The van der Waals surface area contributed by atoms with Gasteiger partial charge in [-0.2, -0.15) is 5.01 Å². The number of rotatable bonds is 5. The molecule has 0 N–H and O–H groups in total. The van der Waals surface area contributed by atoms with Crippen LogP contribution in [0.1, 0.15) is 27.1 Å². The predicted molar refractivity (Wildman–Crippen MR) is 104 cm³/mol. The van der Waals surface area contributed by atoms with E-state index in [1.165, 1.54) is 12.1 Å². The molecule has 1 unspecified atom stereocenters. The number of carbonyl (C=O) groups excluding carboxylic acids is 4. The molecule has 1 aliphatic rings. The fourth-order valence-corrected chi connectivity index (χ4v) is 3.08. The van der Waals surface area contributed by atoms with Crippen LogP contribution in [0.5, 0.6) is 0 Å². The highest BCUT2D eigenvalue weighted by Gasteiger charge is 2.42. The van der Waals surface area contributed by atoms with Crippen molar-refractivity contribution in [2.24, 2.45) is 0 Å². The summed E-state index contributed by atoms with van der Waals surface area (Å²) in [5, 5.41) is 9.00. The molecule has 4 rings (SSSR count). The lowest BCUT2D eigenvalue weighted by atomic mass is 10.1. The molecule has 2 aromatic carbocycles. The van der Waals surface area contributed by atoms with E-state index in [2.05, 4.69) is 14.8 Å². The Morgan fingerprint density at radius 1 is 1.00 bits per heavy atom. The summed E-state index contributed by atoms with van der Waals surface area (Å²) in [4.78, 5) is 56.2. The number of carbonyl (C=O) groups is 4. The molecule has 3 aromatic rings. The summed E-state index contributed by atoms with van der Waals surface area (Å²) < 4.78 is 4.51. The molecule has 3 amide bonds. The van der Waals surface area contributed by atoms with Gasteiger partial charge in [0, 0.05) is 0 Å². The third kappa shape index (κ3) is 3.35. The molecule has 12 heteroatoms. The third-order valence-corrected chi connectivity index (χ3v) is 4.63. The zero-order chi connectivity index (χ0) is 21.3. The van der Waals surface area contributed by atoms with Crippen molar-refractivity contribution in [1.29, 1.82) is 0 Å².